The molecule has 3 heteroatoms. The van der Waals surface area contributed by atoms with Gasteiger partial charge in [-0.3, -0.25) is 0 Å². The monoisotopic (exact) mass is 266 g/mol. The van der Waals surface area contributed by atoms with Crippen molar-refractivity contribution in [1.82, 2.24) is 9.97 Å². The van der Waals surface area contributed by atoms with Crippen molar-refractivity contribution in [2.24, 2.45) is 5.41 Å². The maximum absolute atomic E-state index is 12.0. The minimum absolute atomic E-state index is 0.0553. The first-order chi connectivity index (χ1) is 9.46. The van der Waals surface area contributed by atoms with Crippen LogP contribution in [-0.2, 0) is 15.6 Å². The number of carbonyl (C=O) groups is 1. The van der Waals surface area contributed by atoms with Gasteiger partial charge in [-0.15, -0.1) is 0 Å². The molecule has 1 saturated carbocycles. The molecule has 0 radical (unpaired) electrons. The third kappa shape index (κ3) is 1.00. The molecule has 0 aliphatic heterocycles. The number of nitrogens with zero attached hydrogens (tertiary/aromatic N) is 2. The number of aromatic nitrogens is 2. The number of rotatable bonds is 1. The summed E-state index contributed by atoms with van der Waals surface area (Å²) in [6.07, 6.45) is 3.03. The van der Waals surface area contributed by atoms with Crippen molar-refractivity contribution in [2.45, 2.75) is 44.4 Å². The van der Waals surface area contributed by atoms with E-state index in [0.29, 0.717) is 0 Å². The van der Waals surface area contributed by atoms with Gasteiger partial charge >= 0.3 is 0 Å². The Hall–Kier alpha value is -1.77. The molecule has 0 unspecified atom stereocenters. The standard InChI is InChI=1S/C17H18N2O/c1-15(2)16(3)8-9-17(15,10-20)14-13(16)18-11-6-4-5-7-12(11)19-14/h4-7,10H,8-9H2,1-3H3/t16-,17+/m1/s1. The van der Waals surface area contributed by atoms with Crippen molar-refractivity contribution >= 4 is 17.3 Å². The molecule has 2 aliphatic rings. The Kier molecular flexibility index (Phi) is 1.97. The van der Waals surface area contributed by atoms with Crippen molar-refractivity contribution in [2.75, 3.05) is 0 Å². The lowest BCUT2D eigenvalue weighted by atomic mass is 9.64. The lowest BCUT2D eigenvalue weighted by Gasteiger charge is -2.37. The van der Waals surface area contributed by atoms with Gasteiger partial charge in [-0.1, -0.05) is 32.9 Å². The van der Waals surface area contributed by atoms with E-state index < -0.39 is 5.41 Å². The quantitative estimate of drug-likeness (QED) is 0.745. The summed E-state index contributed by atoms with van der Waals surface area (Å²) in [7, 11) is 0. The van der Waals surface area contributed by atoms with Crippen LogP contribution in [0.3, 0.4) is 0 Å². The van der Waals surface area contributed by atoms with Crippen molar-refractivity contribution < 1.29 is 4.79 Å². The predicted octanol–water partition coefficient (Wildman–Crippen LogP) is 3.16. The maximum Gasteiger partial charge on any atom is 0.132 e. The summed E-state index contributed by atoms with van der Waals surface area (Å²) in [5, 5.41) is 0. The second kappa shape index (κ2) is 3.27. The number of para-hydroxylation sites is 2. The van der Waals surface area contributed by atoms with Crippen LogP contribution in [0.2, 0.25) is 0 Å². The summed E-state index contributed by atoms with van der Waals surface area (Å²) in [5.41, 5.74) is 3.14. The Morgan fingerprint density at radius 3 is 2.20 bits per heavy atom. The van der Waals surface area contributed by atoms with Crippen LogP contribution < -0.4 is 0 Å². The van der Waals surface area contributed by atoms with E-state index in [1.807, 2.05) is 24.3 Å². The van der Waals surface area contributed by atoms with Gasteiger partial charge < -0.3 is 4.79 Å². The van der Waals surface area contributed by atoms with Gasteiger partial charge in [-0.2, -0.15) is 0 Å². The molecular formula is C17H18N2O. The number of fused-ring (bicyclic) bond motifs is 6. The minimum atomic E-state index is -0.464. The van der Waals surface area contributed by atoms with Crippen LogP contribution in [0.5, 0.6) is 0 Å². The molecule has 2 atom stereocenters. The average molecular weight is 266 g/mol. The summed E-state index contributed by atoms with van der Waals surface area (Å²) in [5.74, 6) is 0. The second-order valence-corrected chi connectivity index (χ2v) is 6.96. The van der Waals surface area contributed by atoms with Gasteiger partial charge in [-0.05, 0) is 30.4 Å². The van der Waals surface area contributed by atoms with E-state index >= 15 is 0 Å². The average Bonchev–Trinajstić information content (AvgIpc) is 2.74. The van der Waals surface area contributed by atoms with Crippen molar-refractivity contribution in [1.29, 1.82) is 0 Å². The molecule has 3 nitrogen and oxygen atoms in total. The van der Waals surface area contributed by atoms with Crippen LogP contribution in [-0.4, -0.2) is 16.3 Å². The fourth-order valence-electron chi connectivity index (χ4n) is 4.35. The summed E-state index contributed by atoms with van der Waals surface area (Å²) < 4.78 is 0. The minimum Gasteiger partial charge on any atom is -0.302 e. The third-order valence-corrected chi connectivity index (χ3v) is 6.23. The Labute approximate surface area is 118 Å². The largest absolute Gasteiger partial charge is 0.302 e. The van der Waals surface area contributed by atoms with Crippen LogP contribution in [0.1, 0.15) is 45.0 Å². The van der Waals surface area contributed by atoms with E-state index in [2.05, 4.69) is 20.8 Å². The molecule has 0 spiro atoms. The maximum atomic E-state index is 12.0. The summed E-state index contributed by atoms with van der Waals surface area (Å²) in [6.45, 7) is 6.64. The van der Waals surface area contributed by atoms with Gasteiger partial charge in [0.25, 0.3) is 0 Å². The highest BCUT2D eigenvalue weighted by Crippen LogP contribution is 2.69. The molecule has 0 saturated heterocycles. The number of hydrogen-bond donors (Lipinski definition) is 0. The Morgan fingerprint density at radius 2 is 1.60 bits per heavy atom. The van der Waals surface area contributed by atoms with Crippen molar-refractivity contribution in [3.8, 4) is 0 Å². The van der Waals surface area contributed by atoms with Gasteiger partial charge in [-0.25, -0.2) is 9.97 Å². The lowest BCUT2D eigenvalue weighted by molar-refractivity contribution is -0.115. The van der Waals surface area contributed by atoms with E-state index in [-0.39, 0.29) is 10.8 Å². The molecule has 2 aliphatic carbocycles. The summed E-state index contributed by atoms with van der Waals surface area (Å²) in [4.78, 5) is 21.7. The fourth-order valence-corrected chi connectivity index (χ4v) is 4.35. The van der Waals surface area contributed by atoms with Gasteiger partial charge in [0.15, 0.2) is 0 Å². The molecule has 2 aromatic rings. The van der Waals surface area contributed by atoms with E-state index in [9.17, 15) is 4.79 Å². The van der Waals surface area contributed by atoms with Crippen molar-refractivity contribution in [3.05, 3.63) is 35.7 Å². The zero-order valence-electron chi connectivity index (χ0n) is 12.1. The van der Waals surface area contributed by atoms with E-state index in [0.717, 1.165) is 41.5 Å². The topological polar surface area (TPSA) is 42.9 Å². The molecule has 20 heavy (non-hydrogen) atoms. The molecule has 0 N–H and O–H groups in total. The van der Waals surface area contributed by atoms with Gasteiger partial charge in [0, 0.05) is 5.41 Å². The first-order valence-corrected chi connectivity index (χ1v) is 7.20. The van der Waals surface area contributed by atoms with Crippen LogP contribution in [0.4, 0.5) is 0 Å². The Morgan fingerprint density at radius 1 is 1.00 bits per heavy atom. The molecule has 1 aromatic heterocycles. The highest BCUT2D eigenvalue weighted by atomic mass is 16.1. The number of aldehydes is 1. The normalized spacial score (nSPS) is 33.4. The SMILES string of the molecule is CC1(C)[C@]2(C)CC[C@]1(C=O)c1nc3ccccc3nc12. The van der Waals surface area contributed by atoms with E-state index in [1.165, 1.54) is 0 Å². The van der Waals surface area contributed by atoms with Gasteiger partial charge in [0.05, 0.1) is 27.8 Å². The van der Waals surface area contributed by atoms with Crippen molar-refractivity contribution in [3.63, 3.8) is 0 Å². The number of benzene rings is 1. The molecule has 4 rings (SSSR count). The fraction of sp³-hybridized carbons (Fsp3) is 0.471. The predicted molar refractivity (Wildman–Crippen MR) is 77.6 cm³/mol. The Bertz CT molecular complexity index is 752. The molecule has 0 amide bonds. The van der Waals surface area contributed by atoms with Crippen LogP contribution in [0, 0.1) is 5.41 Å². The van der Waals surface area contributed by atoms with E-state index in [1.54, 1.807) is 0 Å². The first kappa shape index (κ1) is 12.0. The second-order valence-electron chi connectivity index (χ2n) is 6.96. The van der Waals surface area contributed by atoms with Crippen LogP contribution in [0.15, 0.2) is 24.3 Å². The third-order valence-electron chi connectivity index (χ3n) is 6.23. The first-order valence-electron chi connectivity index (χ1n) is 7.20. The summed E-state index contributed by atoms with van der Waals surface area (Å²) >= 11 is 0. The highest BCUT2D eigenvalue weighted by Gasteiger charge is 2.70. The summed E-state index contributed by atoms with van der Waals surface area (Å²) in [6, 6.07) is 7.93. The molecule has 1 fully saturated rings. The highest BCUT2D eigenvalue weighted by molar-refractivity contribution is 5.80. The van der Waals surface area contributed by atoms with Crippen LogP contribution in [0.25, 0.3) is 11.0 Å². The molecule has 102 valence electrons. The molecule has 1 heterocycles. The smallest absolute Gasteiger partial charge is 0.132 e. The molecule has 2 bridgehead atoms. The van der Waals surface area contributed by atoms with Crippen LogP contribution >= 0.6 is 0 Å². The Balaban J connectivity index is 2.15. The molecular weight excluding hydrogens is 248 g/mol. The molecule has 1 aromatic carbocycles. The van der Waals surface area contributed by atoms with Gasteiger partial charge in [0.2, 0.25) is 0 Å². The zero-order valence-corrected chi connectivity index (χ0v) is 12.1. The van der Waals surface area contributed by atoms with E-state index in [4.69, 9.17) is 9.97 Å². The number of hydrogen-bond acceptors (Lipinski definition) is 3. The lowest BCUT2D eigenvalue weighted by Crippen LogP contribution is -2.41. The zero-order chi connectivity index (χ0) is 14.2. The van der Waals surface area contributed by atoms with Gasteiger partial charge in [0.1, 0.15) is 6.29 Å². The number of carbonyl (C=O) groups excluding carboxylic acids is 1.